The second-order valence-electron chi connectivity index (χ2n) is 5.95. The van der Waals surface area contributed by atoms with E-state index in [9.17, 15) is 0 Å². The van der Waals surface area contributed by atoms with E-state index in [-0.39, 0.29) is 6.10 Å². The minimum Gasteiger partial charge on any atom is -0.372 e. The monoisotopic (exact) mass is 344 g/mol. The average molecular weight is 345 g/mol. The summed E-state index contributed by atoms with van der Waals surface area (Å²) in [6.45, 7) is 7.14. The molecule has 0 fully saturated rings. The molecule has 2 aromatic carbocycles. The number of halogens is 1. The molecule has 1 unspecified atom stereocenters. The Morgan fingerprint density at radius 1 is 1.17 bits per heavy atom. The zero-order valence-corrected chi connectivity index (χ0v) is 15.8. The third-order valence-electron chi connectivity index (χ3n) is 4.22. The fraction of sp³-hybridized carbons (Fsp3) is 0.350. The Balaban J connectivity index is 2.42. The number of ether oxygens (including phenoxy) is 1. The first-order chi connectivity index (χ1) is 11.5. The van der Waals surface area contributed by atoms with E-state index >= 15 is 0 Å². The van der Waals surface area contributed by atoms with E-state index in [0.29, 0.717) is 5.02 Å². The van der Waals surface area contributed by atoms with Gasteiger partial charge in [-0.25, -0.2) is 4.99 Å². The minimum absolute atomic E-state index is 0.139. The van der Waals surface area contributed by atoms with Gasteiger partial charge in [0.1, 0.15) is 6.10 Å². The maximum absolute atomic E-state index is 6.47. The topological polar surface area (TPSA) is 24.8 Å². The highest BCUT2D eigenvalue weighted by Gasteiger charge is 2.19. The number of hydrogen-bond donors (Lipinski definition) is 0. The van der Waals surface area contributed by atoms with Gasteiger partial charge in [0.25, 0.3) is 0 Å². The average Bonchev–Trinajstić information content (AvgIpc) is 2.58. The number of nitrogens with zero attached hydrogens (tertiary/aromatic N) is 2. The molecule has 4 heteroatoms. The van der Waals surface area contributed by atoms with Crippen molar-refractivity contribution in [3.05, 3.63) is 63.7 Å². The Morgan fingerprint density at radius 2 is 1.88 bits per heavy atom. The first-order valence-electron chi connectivity index (χ1n) is 8.10. The van der Waals surface area contributed by atoms with Crippen molar-refractivity contribution < 1.29 is 4.74 Å². The summed E-state index contributed by atoms with van der Waals surface area (Å²) < 4.78 is 5.79. The molecule has 0 aliphatic rings. The van der Waals surface area contributed by atoms with Crippen LogP contribution in [0.25, 0.3) is 0 Å². The molecule has 1 atom stereocenters. The molecule has 24 heavy (non-hydrogen) atoms. The van der Waals surface area contributed by atoms with E-state index in [1.54, 1.807) is 13.4 Å². The second-order valence-corrected chi connectivity index (χ2v) is 6.36. The predicted molar refractivity (Wildman–Crippen MR) is 103 cm³/mol. The van der Waals surface area contributed by atoms with Gasteiger partial charge in [-0.3, -0.25) is 0 Å². The van der Waals surface area contributed by atoms with Crippen LogP contribution in [0.1, 0.15) is 35.3 Å². The molecule has 0 N–H and O–H groups in total. The third-order valence-corrected chi connectivity index (χ3v) is 4.52. The van der Waals surface area contributed by atoms with Gasteiger partial charge in [0.2, 0.25) is 0 Å². The van der Waals surface area contributed by atoms with E-state index < -0.39 is 0 Å². The summed E-state index contributed by atoms with van der Waals surface area (Å²) in [5, 5.41) is 0.631. The van der Waals surface area contributed by atoms with Gasteiger partial charge in [-0.1, -0.05) is 35.9 Å². The summed E-state index contributed by atoms with van der Waals surface area (Å²) >= 11 is 6.47. The van der Waals surface area contributed by atoms with E-state index in [2.05, 4.69) is 37.9 Å². The molecule has 0 saturated carbocycles. The van der Waals surface area contributed by atoms with Crippen LogP contribution >= 0.6 is 11.6 Å². The van der Waals surface area contributed by atoms with Crippen molar-refractivity contribution >= 4 is 23.6 Å². The molecule has 0 bridgehead atoms. The van der Waals surface area contributed by atoms with Crippen LogP contribution in [0.4, 0.5) is 5.69 Å². The highest BCUT2D eigenvalue weighted by atomic mass is 35.5. The highest BCUT2D eigenvalue weighted by Crippen LogP contribution is 2.35. The van der Waals surface area contributed by atoms with Gasteiger partial charge in [-0.2, -0.15) is 0 Å². The number of methoxy groups -OCH3 is 1. The lowest BCUT2D eigenvalue weighted by Gasteiger charge is -2.21. The summed E-state index contributed by atoms with van der Waals surface area (Å²) in [6.07, 6.45) is 1.66. The first kappa shape index (κ1) is 18.5. The molecular weight excluding hydrogens is 320 g/mol. The molecule has 0 aromatic heterocycles. The van der Waals surface area contributed by atoms with Crippen LogP contribution in [0.15, 0.2) is 41.4 Å². The lowest BCUT2D eigenvalue weighted by atomic mass is 9.94. The number of benzene rings is 2. The molecule has 0 radical (unpaired) electrons. The molecule has 3 nitrogen and oxygen atoms in total. The fourth-order valence-corrected chi connectivity index (χ4v) is 2.83. The van der Waals surface area contributed by atoms with E-state index in [1.807, 2.05) is 36.2 Å². The first-order valence-corrected chi connectivity index (χ1v) is 8.48. The van der Waals surface area contributed by atoms with Crippen molar-refractivity contribution in [2.75, 3.05) is 20.7 Å². The smallest absolute Gasteiger partial charge is 0.108 e. The van der Waals surface area contributed by atoms with Gasteiger partial charge in [0.05, 0.1) is 17.0 Å². The maximum atomic E-state index is 6.47. The summed E-state index contributed by atoms with van der Waals surface area (Å²) in [6, 6.07) is 12.2. The molecule has 0 aliphatic heterocycles. The summed E-state index contributed by atoms with van der Waals surface area (Å²) in [5.74, 6) is 0. The zero-order valence-electron chi connectivity index (χ0n) is 15.0. The molecular formula is C20H25ClN2O. The van der Waals surface area contributed by atoms with Crippen LogP contribution in [-0.2, 0) is 4.74 Å². The molecule has 2 aromatic rings. The van der Waals surface area contributed by atoms with Gasteiger partial charge < -0.3 is 9.64 Å². The largest absolute Gasteiger partial charge is 0.372 e. The van der Waals surface area contributed by atoms with Crippen molar-refractivity contribution in [3.63, 3.8) is 0 Å². The van der Waals surface area contributed by atoms with Crippen LogP contribution in [0.3, 0.4) is 0 Å². The Labute approximate surface area is 149 Å². The molecule has 0 aliphatic carbocycles. The predicted octanol–water partition coefficient (Wildman–Crippen LogP) is 5.30. The van der Waals surface area contributed by atoms with Crippen molar-refractivity contribution in [2.45, 2.75) is 26.9 Å². The summed E-state index contributed by atoms with van der Waals surface area (Å²) in [4.78, 5) is 6.49. The lowest BCUT2D eigenvalue weighted by Crippen LogP contribution is -2.14. The van der Waals surface area contributed by atoms with Gasteiger partial charge in [-0.05, 0) is 55.2 Å². The van der Waals surface area contributed by atoms with Crippen LogP contribution in [0.2, 0.25) is 5.02 Å². The molecule has 0 heterocycles. The Kier molecular flexibility index (Phi) is 6.41. The normalized spacial score (nSPS) is 12.6. The van der Waals surface area contributed by atoms with Gasteiger partial charge in [0.15, 0.2) is 0 Å². The van der Waals surface area contributed by atoms with E-state index in [0.717, 1.165) is 28.9 Å². The Bertz CT molecular complexity index is 728. The van der Waals surface area contributed by atoms with Crippen molar-refractivity contribution in [1.29, 1.82) is 0 Å². The standard InChI is InChI=1S/C20H25ClN2O/c1-6-23(4)13-22-19-11-15(3)17(12-18(19)21)20(24-5)16-10-8-7-9-14(16)2/h7-13,20H,6H2,1-5H3/b22-13-. The van der Waals surface area contributed by atoms with Crippen molar-refractivity contribution in [3.8, 4) is 0 Å². The fourth-order valence-electron chi connectivity index (χ4n) is 2.61. The lowest BCUT2D eigenvalue weighted by molar-refractivity contribution is 0.135. The molecule has 128 valence electrons. The van der Waals surface area contributed by atoms with Gasteiger partial charge in [0, 0.05) is 20.7 Å². The van der Waals surface area contributed by atoms with Crippen molar-refractivity contribution in [1.82, 2.24) is 4.90 Å². The van der Waals surface area contributed by atoms with Crippen LogP contribution in [0.5, 0.6) is 0 Å². The Hall–Kier alpha value is -1.84. The number of hydrogen-bond acceptors (Lipinski definition) is 2. The Morgan fingerprint density at radius 3 is 2.50 bits per heavy atom. The van der Waals surface area contributed by atoms with Gasteiger partial charge in [-0.15, -0.1) is 0 Å². The SMILES string of the molecule is CCN(C)/C=N\c1cc(C)c(C(OC)c2ccccc2C)cc1Cl. The second kappa shape index (κ2) is 8.32. The maximum Gasteiger partial charge on any atom is 0.108 e. The third kappa shape index (κ3) is 4.16. The summed E-state index contributed by atoms with van der Waals surface area (Å²) in [7, 11) is 3.71. The van der Waals surface area contributed by atoms with Gasteiger partial charge >= 0.3 is 0 Å². The van der Waals surface area contributed by atoms with Crippen LogP contribution in [-0.4, -0.2) is 31.9 Å². The molecule has 2 rings (SSSR count). The van der Waals surface area contributed by atoms with Crippen molar-refractivity contribution in [2.24, 2.45) is 4.99 Å². The minimum atomic E-state index is -0.139. The number of aliphatic imine (C=N–C) groups is 1. The summed E-state index contributed by atoms with van der Waals surface area (Å²) in [5.41, 5.74) is 5.31. The van der Waals surface area contributed by atoms with Crippen LogP contribution in [0, 0.1) is 13.8 Å². The van der Waals surface area contributed by atoms with E-state index in [4.69, 9.17) is 16.3 Å². The molecule has 0 saturated heterocycles. The highest BCUT2D eigenvalue weighted by molar-refractivity contribution is 6.33. The zero-order chi connectivity index (χ0) is 17.7. The quantitative estimate of drug-likeness (QED) is 0.524. The number of aryl methyl sites for hydroxylation is 2. The number of rotatable bonds is 6. The van der Waals surface area contributed by atoms with Crippen LogP contribution < -0.4 is 0 Å². The molecule has 0 amide bonds. The van der Waals surface area contributed by atoms with E-state index in [1.165, 1.54) is 5.56 Å². The molecule has 0 spiro atoms.